The van der Waals surface area contributed by atoms with E-state index >= 15 is 0 Å². The summed E-state index contributed by atoms with van der Waals surface area (Å²) in [6.07, 6.45) is 1.67. The molecular weight excluding hydrogens is 414 g/mol. The lowest BCUT2D eigenvalue weighted by Gasteiger charge is -2.05. The van der Waals surface area contributed by atoms with Crippen molar-refractivity contribution in [2.45, 2.75) is 11.0 Å². The van der Waals surface area contributed by atoms with Gasteiger partial charge in [0.2, 0.25) is 11.8 Å². The quantitative estimate of drug-likeness (QED) is 0.363. The predicted molar refractivity (Wildman–Crippen MR) is 109 cm³/mol. The van der Waals surface area contributed by atoms with Gasteiger partial charge in [0.1, 0.15) is 11.5 Å². The third-order valence-corrected chi connectivity index (χ3v) is 5.02. The molecule has 0 saturated heterocycles. The summed E-state index contributed by atoms with van der Waals surface area (Å²) < 4.78 is 22.1. The second-order valence-electron chi connectivity index (χ2n) is 5.89. The molecule has 9 heteroatoms. The van der Waals surface area contributed by atoms with Crippen molar-refractivity contribution in [2.75, 3.05) is 14.2 Å². The highest BCUT2D eigenvalue weighted by molar-refractivity contribution is 7.98. The topological polar surface area (TPSA) is 83.4 Å². The van der Waals surface area contributed by atoms with Gasteiger partial charge in [-0.1, -0.05) is 35.5 Å². The van der Waals surface area contributed by atoms with Gasteiger partial charge >= 0.3 is 0 Å². The van der Waals surface area contributed by atoms with Crippen molar-refractivity contribution < 1.29 is 18.3 Å². The second-order valence-corrected chi connectivity index (χ2v) is 7.25. The Kier molecular flexibility index (Phi) is 5.73. The molecule has 4 rings (SSSR count). The Hall–Kier alpha value is -2.97. The maximum absolute atomic E-state index is 6.02. The van der Waals surface area contributed by atoms with Crippen molar-refractivity contribution in [3.8, 4) is 34.3 Å². The van der Waals surface area contributed by atoms with Crippen LogP contribution in [-0.4, -0.2) is 29.4 Å². The smallest absolute Gasteiger partial charge is 0.277 e. The Bertz CT molecular complexity index is 1110. The van der Waals surface area contributed by atoms with Crippen molar-refractivity contribution >= 4 is 23.4 Å². The van der Waals surface area contributed by atoms with E-state index in [4.69, 9.17) is 29.9 Å². The van der Waals surface area contributed by atoms with Gasteiger partial charge < -0.3 is 18.3 Å². The highest BCUT2D eigenvalue weighted by atomic mass is 35.5. The summed E-state index contributed by atoms with van der Waals surface area (Å²) in [6.45, 7) is 0. The molecule has 0 aliphatic heterocycles. The summed E-state index contributed by atoms with van der Waals surface area (Å²) >= 11 is 7.36. The minimum absolute atomic E-state index is 0.372. The van der Waals surface area contributed by atoms with Crippen LogP contribution in [0.2, 0.25) is 5.02 Å². The fourth-order valence-corrected chi connectivity index (χ4v) is 3.40. The number of methoxy groups -OCH3 is 2. The minimum atomic E-state index is 0.372. The molecule has 2 aromatic heterocycles. The Morgan fingerprint density at radius 2 is 1.76 bits per heavy atom. The number of nitrogens with zero attached hydrogens (tertiary/aromatic N) is 3. The van der Waals surface area contributed by atoms with Crippen molar-refractivity contribution in [2.24, 2.45) is 0 Å². The number of rotatable bonds is 7. The Balaban J connectivity index is 1.45. The fraction of sp³-hybridized carbons (Fsp3) is 0.150. The lowest BCUT2D eigenvalue weighted by Crippen LogP contribution is -1.88. The van der Waals surface area contributed by atoms with Crippen LogP contribution in [-0.2, 0) is 5.75 Å². The number of hydrogen-bond donors (Lipinski definition) is 0. The average molecular weight is 430 g/mol. The molecule has 0 amide bonds. The molecule has 148 valence electrons. The van der Waals surface area contributed by atoms with Crippen LogP contribution in [0.4, 0.5) is 0 Å². The van der Waals surface area contributed by atoms with Crippen LogP contribution in [0.3, 0.4) is 0 Å². The summed E-state index contributed by atoms with van der Waals surface area (Å²) in [4.78, 5) is 4.29. The molecule has 4 aromatic rings. The number of thioether (sulfide) groups is 1. The maximum Gasteiger partial charge on any atom is 0.277 e. The number of halogens is 1. The fourth-order valence-electron chi connectivity index (χ4n) is 2.59. The molecular formula is C20H16ClN3O4S. The summed E-state index contributed by atoms with van der Waals surface area (Å²) in [6, 6.07) is 12.8. The van der Waals surface area contributed by atoms with E-state index in [9.17, 15) is 0 Å². The summed E-state index contributed by atoms with van der Waals surface area (Å²) in [5.74, 6) is 3.30. The summed E-state index contributed by atoms with van der Waals surface area (Å²) in [5.41, 5.74) is 1.58. The normalized spacial score (nSPS) is 10.9. The molecule has 0 unspecified atom stereocenters. The molecule has 0 bridgehead atoms. The molecule has 29 heavy (non-hydrogen) atoms. The monoisotopic (exact) mass is 429 g/mol. The van der Waals surface area contributed by atoms with Crippen molar-refractivity contribution in [3.05, 3.63) is 59.6 Å². The van der Waals surface area contributed by atoms with Gasteiger partial charge in [0.25, 0.3) is 5.22 Å². The standard InChI is InChI=1S/C20H16ClN3O4S/c1-25-15-7-13(8-16(9-15)26-2)19-23-24-20(28-19)29-11-18-22-10-17(27-18)12-4-3-5-14(21)6-12/h3-10H,11H2,1-2H3. The van der Waals surface area contributed by atoms with Crippen LogP contribution >= 0.6 is 23.4 Å². The highest BCUT2D eigenvalue weighted by Gasteiger charge is 2.14. The number of hydrogen-bond acceptors (Lipinski definition) is 8. The van der Waals surface area contributed by atoms with E-state index in [1.165, 1.54) is 11.8 Å². The van der Waals surface area contributed by atoms with Gasteiger partial charge in [-0.15, -0.1) is 10.2 Å². The lowest BCUT2D eigenvalue weighted by molar-refractivity contribution is 0.394. The Morgan fingerprint density at radius 1 is 0.966 bits per heavy atom. The van der Waals surface area contributed by atoms with Crippen LogP contribution in [0.15, 0.2) is 62.7 Å². The predicted octanol–water partition coefficient (Wildman–Crippen LogP) is 5.35. The molecule has 2 heterocycles. The molecule has 0 radical (unpaired) electrons. The van der Waals surface area contributed by atoms with Gasteiger partial charge in [-0.2, -0.15) is 0 Å². The summed E-state index contributed by atoms with van der Waals surface area (Å²) in [7, 11) is 3.17. The molecule has 0 spiro atoms. The molecule has 0 fully saturated rings. The first-order chi connectivity index (χ1) is 14.1. The molecule has 7 nitrogen and oxygen atoms in total. The average Bonchev–Trinajstić information content (AvgIpc) is 3.41. The van der Waals surface area contributed by atoms with E-state index in [2.05, 4.69) is 15.2 Å². The zero-order valence-electron chi connectivity index (χ0n) is 15.6. The molecule has 0 saturated carbocycles. The van der Waals surface area contributed by atoms with Gasteiger partial charge in [0, 0.05) is 22.2 Å². The van der Waals surface area contributed by atoms with Crippen LogP contribution in [0.1, 0.15) is 5.89 Å². The van der Waals surface area contributed by atoms with Crippen molar-refractivity contribution in [3.63, 3.8) is 0 Å². The third kappa shape index (κ3) is 4.55. The van der Waals surface area contributed by atoms with Crippen LogP contribution < -0.4 is 9.47 Å². The van der Waals surface area contributed by atoms with E-state index in [1.54, 1.807) is 38.6 Å². The lowest BCUT2D eigenvalue weighted by atomic mass is 10.2. The van der Waals surface area contributed by atoms with Gasteiger partial charge in [-0.05, 0) is 24.3 Å². The zero-order chi connectivity index (χ0) is 20.2. The van der Waals surface area contributed by atoms with Crippen LogP contribution in [0.25, 0.3) is 22.8 Å². The first-order valence-electron chi connectivity index (χ1n) is 8.55. The molecule has 0 atom stereocenters. The van der Waals surface area contributed by atoms with Gasteiger partial charge in [-0.3, -0.25) is 0 Å². The van der Waals surface area contributed by atoms with Gasteiger partial charge in [0.15, 0.2) is 5.76 Å². The number of aromatic nitrogens is 3. The van der Waals surface area contributed by atoms with E-state index in [-0.39, 0.29) is 0 Å². The summed E-state index contributed by atoms with van der Waals surface area (Å²) in [5, 5.41) is 9.22. The molecule has 0 N–H and O–H groups in total. The van der Waals surface area contributed by atoms with Crippen LogP contribution in [0.5, 0.6) is 11.5 Å². The van der Waals surface area contributed by atoms with Crippen LogP contribution in [0, 0.1) is 0 Å². The van der Waals surface area contributed by atoms with E-state index in [0.717, 1.165) is 5.56 Å². The molecule has 0 aliphatic rings. The van der Waals surface area contributed by atoms with Gasteiger partial charge in [0.05, 0.1) is 26.2 Å². The van der Waals surface area contributed by atoms with E-state index in [1.807, 2.05) is 24.3 Å². The number of benzene rings is 2. The number of ether oxygens (including phenoxy) is 2. The molecule has 2 aromatic carbocycles. The first-order valence-corrected chi connectivity index (χ1v) is 9.91. The largest absolute Gasteiger partial charge is 0.497 e. The Morgan fingerprint density at radius 3 is 2.48 bits per heavy atom. The SMILES string of the molecule is COc1cc(OC)cc(-c2nnc(SCc3ncc(-c4cccc(Cl)c4)o3)o2)c1. The van der Waals surface area contributed by atoms with Gasteiger partial charge in [-0.25, -0.2) is 4.98 Å². The Labute approximate surface area is 176 Å². The van der Waals surface area contributed by atoms with Crippen molar-refractivity contribution in [1.82, 2.24) is 15.2 Å². The maximum atomic E-state index is 6.02. The van der Waals surface area contributed by atoms with Crippen molar-refractivity contribution in [1.29, 1.82) is 0 Å². The highest BCUT2D eigenvalue weighted by Crippen LogP contribution is 2.31. The second kappa shape index (κ2) is 8.59. The zero-order valence-corrected chi connectivity index (χ0v) is 17.2. The number of oxazole rings is 1. The molecule has 0 aliphatic carbocycles. The third-order valence-electron chi connectivity index (χ3n) is 3.99. The first kappa shape index (κ1) is 19.4. The minimum Gasteiger partial charge on any atom is -0.497 e. The van der Waals surface area contributed by atoms with E-state index < -0.39 is 0 Å². The van der Waals surface area contributed by atoms with E-state index in [0.29, 0.717) is 50.6 Å².